The number of aliphatic hydroxyl groups excluding tert-OH is 25. The van der Waals surface area contributed by atoms with Crippen LogP contribution >= 0.6 is 0 Å². The Hall–Kier alpha value is -2.70. The lowest BCUT2D eigenvalue weighted by Gasteiger charge is -2.52. The van der Waals surface area contributed by atoms with Crippen molar-refractivity contribution in [3.63, 3.8) is 0 Å². The Bertz CT molecular complexity index is 2610. The Morgan fingerprint density at radius 1 is 0.301 bits per heavy atom. The topological polar surface area (TPSA) is 712 Å². The average Bonchev–Trinajstić information content (AvgIpc) is 0.762. The quantitative estimate of drug-likeness (QED) is 0.0346. The zero-order valence-corrected chi connectivity index (χ0v) is 55.9. The molecule has 0 unspecified atom stereocenters. The molecule has 8 rings (SSSR count). The van der Waals surface area contributed by atoms with Crippen LogP contribution in [0.25, 0.3) is 0 Å². The Balaban J connectivity index is 1.14. The number of rotatable bonds is 28. The normalized spacial score (nSPS) is 49.1. The predicted molar refractivity (Wildman–Crippen MR) is 318 cm³/mol. The molecule has 27 N–H and O–H groups in total. The molecule has 8 aliphatic rings. The van der Waals surface area contributed by atoms with Crippen molar-refractivity contribution < 1.29 is 213 Å². The van der Waals surface area contributed by atoms with E-state index in [0.29, 0.717) is 0 Å². The Morgan fingerprint density at radius 3 is 0.893 bits per heavy atom. The first-order valence-electron chi connectivity index (χ1n) is 33.1. The van der Waals surface area contributed by atoms with Crippen LogP contribution in [0.15, 0.2) is 0 Å². The van der Waals surface area contributed by atoms with E-state index in [1.807, 2.05) is 0 Å². The van der Waals surface area contributed by atoms with Gasteiger partial charge in [-0.1, -0.05) is 0 Å². The van der Waals surface area contributed by atoms with Crippen LogP contribution in [-0.4, -0.2) is 456 Å². The Morgan fingerprint density at radius 2 is 0.553 bits per heavy atom. The van der Waals surface area contributed by atoms with Crippen molar-refractivity contribution in [1.29, 1.82) is 0 Å². The van der Waals surface area contributed by atoms with Gasteiger partial charge in [-0.2, -0.15) is 0 Å². The zero-order chi connectivity index (χ0) is 76.2. The lowest BCUT2D eigenvalue weighted by Crippen LogP contribution is -2.72. The molecule has 0 saturated carbocycles. The first-order chi connectivity index (χ1) is 48.6. The molecule has 45 nitrogen and oxygen atoms in total. The second-order valence-corrected chi connectivity index (χ2v) is 26.4. The number of amides is 2. The van der Waals surface area contributed by atoms with Crippen molar-refractivity contribution in [1.82, 2.24) is 10.6 Å². The van der Waals surface area contributed by atoms with E-state index in [0.717, 1.165) is 13.8 Å². The number of ether oxygens (including phenoxy) is 16. The number of hydrogen-bond acceptors (Lipinski definition) is 43. The summed E-state index contributed by atoms with van der Waals surface area (Å²) in [6, 6.07) is -4.02. The van der Waals surface area contributed by atoms with E-state index in [1.54, 1.807) is 0 Å². The molecular formula is C58H100N2O43. The van der Waals surface area contributed by atoms with E-state index in [9.17, 15) is 137 Å². The Kier molecular flexibility index (Phi) is 31.1. The number of nitrogens with one attached hydrogen (secondary N) is 2. The summed E-state index contributed by atoms with van der Waals surface area (Å²) in [5.41, 5.74) is 0. The summed E-state index contributed by atoms with van der Waals surface area (Å²) >= 11 is 0. The summed E-state index contributed by atoms with van der Waals surface area (Å²) in [7, 11) is 0. The maximum Gasteiger partial charge on any atom is 0.217 e. The highest BCUT2D eigenvalue weighted by Gasteiger charge is 2.61. The maximum absolute atomic E-state index is 13.5. The molecule has 8 saturated heterocycles. The lowest BCUT2D eigenvalue weighted by molar-refractivity contribution is -0.399. The molecule has 103 heavy (non-hydrogen) atoms. The average molecular weight is 1510 g/mol. The van der Waals surface area contributed by atoms with Gasteiger partial charge >= 0.3 is 0 Å². The number of aliphatic hydroxyl groups is 25. The molecule has 2 amide bonds. The fraction of sp³-hybridized carbons (Fsp3) is 0.966. The highest BCUT2D eigenvalue weighted by atomic mass is 16.8. The molecule has 45 heteroatoms. The van der Waals surface area contributed by atoms with Crippen molar-refractivity contribution in [2.45, 2.75) is 305 Å². The second-order valence-electron chi connectivity index (χ2n) is 26.4. The minimum atomic E-state index is -2.48. The van der Waals surface area contributed by atoms with Gasteiger partial charge in [-0.3, -0.25) is 9.59 Å². The standard InChI is InChI=1S/C58H100N2O43/c1-13-27(72)33(78)37(82)53(88-13)96-43(18(70)6-61)44(19(71)7-62)97-57-41(86)49(31(76)21(9-64)92-57)102-51-25(59-16(4)68)47(100-55-39(84)35(80)29(74)15(3)90-55)46(24(12-67)95-51)99-58-42(87)50(32(77)22(10-65)93-58)103-52-26(60-17(5)69)48(101-56-40(85)36(81)30(75)20(8-63)91-56)45(23(11-66)94-52)98-54-38(83)34(79)28(73)14(2)89-54/h13-15,18-58,61-67,70-87H,6-12H2,1-5H3,(H,59,68)(H,60,69)/t13-,14-,15-,18-,19+,20+,21+,22+,23+,24+,25+,26+,27+,28+,29+,30-,31-,32-,33+,34+,35+,36-,37-,38-,39-,40+,41+,42+,43+,44+,45+,46+,47+,48+,49-,50-,51-,52-,53-,54-,55-,56-,57-,58-/m0/s1. The van der Waals surface area contributed by atoms with Gasteiger partial charge in [0.05, 0.1) is 64.6 Å². The van der Waals surface area contributed by atoms with Crippen LogP contribution in [0.1, 0.15) is 34.6 Å². The van der Waals surface area contributed by atoms with Crippen LogP contribution in [0, 0.1) is 0 Å². The molecule has 0 aromatic carbocycles. The summed E-state index contributed by atoms with van der Waals surface area (Å²) in [5, 5.41) is 280. The van der Waals surface area contributed by atoms with Gasteiger partial charge in [0.2, 0.25) is 11.8 Å². The van der Waals surface area contributed by atoms with E-state index in [4.69, 9.17) is 75.8 Å². The van der Waals surface area contributed by atoms with Crippen LogP contribution in [0.5, 0.6) is 0 Å². The largest absolute Gasteiger partial charge is 0.394 e. The van der Waals surface area contributed by atoms with Gasteiger partial charge in [0.15, 0.2) is 50.3 Å². The number of carbonyl (C=O) groups excluding carboxylic acids is 2. The number of hydrogen-bond donors (Lipinski definition) is 27. The molecule has 0 radical (unpaired) electrons. The molecule has 0 aliphatic carbocycles. The van der Waals surface area contributed by atoms with Crippen LogP contribution in [0.3, 0.4) is 0 Å². The van der Waals surface area contributed by atoms with Crippen molar-refractivity contribution in [2.24, 2.45) is 0 Å². The highest BCUT2D eigenvalue weighted by molar-refractivity contribution is 5.73. The molecule has 600 valence electrons. The molecular weight excluding hydrogens is 1410 g/mol. The van der Waals surface area contributed by atoms with Crippen molar-refractivity contribution in [3.05, 3.63) is 0 Å². The summed E-state index contributed by atoms with van der Waals surface area (Å²) in [6.07, 6.45) is -85.5. The van der Waals surface area contributed by atoms with Gasteiger partial charge in [-0.25, -0.2) is 0 Å². The van der Waals surface area contributed by atoms with Crippen LogP contribution in [0.4, 0.5) is 0 Å². The lowest BCUT2D eigenvalue weighted by atomic mass is 9.93. The molecule has 44 atom stereocenters. The van der Waals surface area contributed by atoms with Crippen LogP contribution < -0.4 is 10.6 Å². The molecule has 0 aromatic heterocycles. The first kappa shape index (κ1) is 85.9. The fourth-order valence-electron chi connectivity index (χ4n) is 13.2. The van der Waals surface area contributed by atoms with Crippen molar-refractivity contribution in [3.8, 4) is 0 Å². The van der Waals surface area contributed by atoms with E-state index >= 15 is 0 Å². The minimum absolute atomic E-state index is 0.913. The predicted octanol–water partition coefficient (Wildman–Crippen LogP) is -17.6. The van der Waals surface area contributed by atoms with Gasteiger partial charge in [0, 0.05) is 13.8 Å². The molecule has 0 bridgehead atoms. The second kappa shape index (κ2) is 37.3. The molecule has 8 heterocycles. The van der Waals surface area contributed by atoms with E-state index in [2.05, 4.69) is 10.6 Å². The van der Waals surface area contributed by atoms with Crippen molar-refractivity contribution in [2.75, 3.05) is 46.2 Å². The smallest absolute Gasteiger partial charge is 0.217 e. The molecule has 0 aromatic rings. The SMILES string of the molecule is CC(=O)N[C@H]1[C@H](O[C@H]2[C@@H](O)[C@@H](CO)O[C@@H](O[C@H]3[C@H](O[C@@H]4O[C@@H](C)[C@@H](O)[C@@H](O)[C@@H]4O)[C@@H](NC(C)=O)[C@H](O[C@H]4[C@@H](O)[C@@H](CO)O[C@@H](O[C@@H]([C@H](O[C@@H]5O[C@@H](C)[C@@H](O)[C@@H](O)[C@@H]5O)[C@@H](O)CO)[C@H](O)CO)[C@@H]4O)O[C@@H]3CO)[C@@H]2O)O[C@H](CO)[C@@H](O[C@@H]2O[C@@H](C)[C@@H](O)[C@@H](O)[C@@H]2O)[C@@H]1O[C@@H]1O[C@H](CO)[C@H](O)[C@H](O)[C@H]1O. The fourth-order valence-corrected chi connectivity index (χ4v) is 13.2. The third-order valence-electron chi connectivity index (χ3n) is 19.1. The highest BCUT2D eigenvalue weighted by Crippen LogP contribution is 2.40. The van der Waals surface area contributed by atoms with Gasteiger partial charge in [0.25, 0.3) is 0 Å². The molecule has 8 aliphatic heterocycles. The van der Waals surface area contributed by atoms with Crippen LogP contribution in [0.2, 0.25) is 0 Å². The summed E-state index contributed by atoms with van der Waals surface area (Å²) in [5.74, 6) is -1.99. The minimum Gasteiger partial charge on any atom is -0.394 e. The Labute approximate surface area is 585 Å². The third kappa shape index (κ3) is 18.9. The van der Waals surface area contributed by atoms with Gasteiger partial charge in [-0.15, -0.1) is 0 Å². The van der Waals surface area contributed by atoms with E-state index in [-0.39, 0.29) is 0 Å². The summed E-state index contributed by atoms with van der Waals surface area (Å²) in [4.78, 5) is 26.8. The van der Waals surface area contributed by atoms with Gasteiger partial charge in [-0.05, 0) is 20.8 Å². The van der Waals surface area contributed by atoms with E-state index in [1.165, 1.54) is 20.8 Å². The maximum atomic E-state index is 13.5. The third-order valence-corrected chi connectivity index (χ3v) is 19.1. The molecule has 8 fully saturated rings. The van der Waals surface area contributed by atoms with E-state index < -0.39 is 328 Å². The van der Waals surface area contributed by atoms with Gasteiger partial charge in [0.1, 0.15) is 201 Å². The van der Waals surface area contributed by atoms with Crippen molar-refractivity contribution >= 4 is 11.8 Å². The van der Waals surface area contributed by atoms with Crippen LogP contribution in [-0.2, 0) is 85.4 Å². The summed E-state index contributed by atoms with van der Waals surface area (Å²) < 4.78 is 95.4. The number of carbonyl (C=O) groups is 2. The molecule has 0 spiro atoms. The van der Waals surface area contributed by atoms with Gasteiger partial charge < -0.3 is 214 Å². The zero-order valence-electron chi connectivity index (χ0n) is 55.9. The monoisotopic (exact) mass is 1510 g/mol. The summed E-state index contributed by atoms with van der Waals surface area (Å²) in [6.45, 7) is -2.67. The first-order valence-corrected chi connectivity index (χ1v) is 33.1.